The van der Waals surface area contributed by atoms with Gasteiger partial charge in [0.25, 0.3) is 0 Å². The summed E-state index contributed by atoms with van der Waals surface area (Å²) >= 11 is 0. The van der Waals surface area contributed by atoms with Crippen LogP contribution < -0.4 is 15.8 Å². The number of amides is 1. The van der Waals surface area contributed by atoms with E-state index in [2.05, 4.69) is 10.3 Å². The van der Waals surface area contributed by atoms with Crippen LogP contribution in [0.5, 0.6) is 5.88 Å². The van der Waals surface area contributed by atoms with Gasteiger partial charge in [-0.2, -0.15) is 0 Å². The van der Waals surface area contributed by atoms with Crippen LogP contribution in [0, 0.1) is 0 Å². The van der Waals surface area contributed by atoms with E-state index in [4.69, 9.17) is 9.15 Å². The Labute approximate surface area is 137 Å². The zero-order valence-electron chi connectivity index (χ0n) is 13.2. The molecular weight excluding hydrogens is 310 g/mol. The first kappa shape index (κ1) is 15.8. The maximum absolute atomic E-state index is 12.1. The number of anilines is 1. The number of fused-ring (bicyclic) bond motifs is 1. The smallest absolute Gasteiger partial charge is 0.419 e. The molecule has 0 aliphatic heterocycles. The second kappa shape index (κ2) is 6.99. The molecule has 3 rings (SSSR count). The molecule has 0 aliphatic carbocycles. The van der Waals surface area contributed by atoms with E-state index in [0.29, 0.717) is 30.1 Å². The van der Waals surface area contributed by atoms with Crippen molar-refractivity contribution in [1.82, 2.24) is 9.55 Å². The number of benzene rings is 1. The van der Waals surface area contributed by atoms with E-state index in [-0.39, 0.29) is 12.3 Å². The van der Waals surface area contributed by atoms with Gasteiger partial charge >= 0.3 is 5.76 Å². The average Bonchev–Trinajstić information content (AvgIpc) is 2.91. The number of aromatic nitrogens is 2. The molecule has 2 heterocycles. The van der Waals surface area contributed by atoms with Gasteiger partial charge in [0.05, 0.1) is 12.6 Å². The Hall–Kier alpha value is -3.09. The van der Waals surface area contributed by atoms with Crippen molar-refractivity contribution in [2.75, 3.05) is 12.4 Å². The van der Waals surface area contributed by atoms with Crippen molar-refractivity contribution in [1.29, 1.82) is 0 Å². The van der Waals surface area contributed by atoms with Gasteiger partial charge in [-0.1, -0.05) is 12.1 Å². The number of rotatable bonds is 6. The molecule has 0 radical (unpaired) electrons. The third kappa shape index (κ3) is 3.29. The zero-order chi connectivity index (χ0) is 16.9. The van der Waals surface area contributed by atoms with E-state index in [1.807, 2.05) is 18.2 Å². The highest BCUT2D eigenvalue weighted by molar-refractivity contribution is 5.91. The first-order chi connectivity index (χ1) is 11.7. The fourth-order valence-corrected chi connectivity index (χ4v) is 2.48. The molecule has 0 fully saturated rings. The summed E-state index contributed by atoms with van der Waals surface area (Å²) in [6.07, 6.45) is 2.37. The fourth-order valence-electron chi connectivity index (χ4n) is 2.48. The first-order valence-electron chi connectivity index (χ1n) is 7.56. The number of hydrogen-bond acceptors (Lipinski definition) is 5. The van der Waals surface area contributed by atoms with Crippen LogP contribution in [-0.2, 0) is 11.3 Å². The summed E-state index contributed by atoms with van der Waals surface area (Å²) in [6, 6.07) is 10.7. The van der Waals surface area contributed by atoms with Crippen molar-refractivity contribution in [3.63, 3.8) is 0 Å². The Morgan fingerprint density at radius 3 is 2.96 bits per heavy atom. The van der Waals surface area contributed by atoms with Crippen molar-refractivity contribution >= 4 is 22.7 Å². The number of carbonyl (C=O) groups is 1. The maximum Gasteiger partial charge on any atom is 0.419 e. The Balaban J connectivity index is 1.61. The van der Waals surface area contributed by atoms with Crippen LogP contribution in [0.4, 0.5) is 5.69 Å². The summed E-state index contributed by atoms with van der Waals surface area (Å²) in [7, 11) is 1.49. The number of nitrogens with zero attached hydrogens (tertiary/aromatic N) is 2. The van der Waals surface area contributed by atoms with Crippen molar-refractivity contribution in [2.45, 2.75) is 19.4 Å². The largest absolute Gasteiger partial charge is 0.480 e. The van der Waals surface area contributed by atoms with Gasteiger partial charge in [0, 0.05) is 19.2 Å². The molecule has 0 saturated heterocycles. The third-order valence-corrected chi connectivity index (χ3v) is 3.60. The summed E-state index contributed by atoms with van der Waals surface area (Å²) in [5.41, 5.74) is 1.81. The number of methoxy groups -OCH3 is 1. The highest BCUT2D eigenvalue weighted by Gasteiger charge is 2.11. The van der Waals surface area contributed by atoms with Crippen molar-refractivity contribution in [3.8, 4) is 5.88 Å². The molecule has 0 saturated carbocycles. The van der Waals surface area contributed by atoms with Gasteiger partial charge in [0.15, 0.2) is 5.58 Å². The summed E-state index contributed by atoms with van der Waals surface area (Å²) in [5.74, 6) is -0.212. The summed E-state index contributed by atoms with van der Waals surface area (Å²) < 4.78 is 11.8. The predicted molar refractivity (Wildman–Crippen MR) is 89.1 cm³/mol. The van der Waals surface area contributed by atoms with E-state index in [9.17, 15) is 9.59 Å². The molecular formula is C17H17N3O4. The van der Waals surface area contributed by atoms with E-state index in [0.717, 1.165) is 5.52 Å². The highest BCUT2D eigenvalue weighted by atomic mass is 16.5. The zero-order valence-corrected chi connectivity index (χ0v) is 13.2. The summed E-state index contributed by atoms with van der Waals surface area (Å²) in [4.78, 5) is 27.9. The highest BCUT2D eigenvalue weighted by Crippen LogP contribution is 2.20. The molecule has 1 amide bonds. The van der Waals surface area contributed by atoms with E-state index >= 15 is 0 Å². The molecule has 24 heavy (non-hydrogen) atoms. The molecule has 124 valence electrons. The van der Waals surface area contributed by atoms with Crippen LogP contribution in [0.2, 0.25) is 0 Å². The molecule has 0 bridgehead atoms. The second-order valence-corrected chi connectivity index (χ2v) is 5.20. The average molecular weight is 327 g/mol. The Kier molecular flexibility index (Phi) is 4.60. The van der Waals surface area contributed by atoms with E-state index in [1.165, 1.54) is 11.7 Å². The minimum absolute atomic E-state index is 0.165. The lowest BCUT2D eigenvalue weighted by atomic mass is 10.2. The lowest BCUT2D eigenvalue weighted by Gasteiger charge is -2.08. The van der Waals surface area contributed by atoms with Gasteiger partial charge in [-0.05, 0) is 30.7 Å². The van der Waals surface area contributed by atoms with E-state index in [1.54, 1.807) is 24.4 Å². The SMILES string of the molecule is COc1ncccc1NC(=O)CCCn1c(=O)oc2ccccc21. The lowest BCUT2D eigenvalue weighted by molar-refractivity contribution is -0.116. The number of pyridine rings is 1. The Morgan fingerprint density at radius 1 is 1.29 bits per heavy atom. The molecule has 0 atom stereocenters. The monoisotopic (exact) mass is 327 g/mol. The molecule has 7 heteroatoms. The minimum atomic E-state index is -0.412. The van der Waals surface area contributed by atoms with Crippen LogP contribution in [0.3, 0.4) is 0 Å². The molecule has 1 aromatic carbocycles. The number of nitrogens with one attached hydrogen (secondary N) is 1. The van der Waals surface area contributed by atoms with Crippen LogP contribution >= 0.6 is 0 Å². The van der Waals surface area contributed by atoms with Gasteiger partial charge < -0.3 is 14.5 Å². The molecule has 7 nitrogen and oxygen atoms in total. The van der Waals surface area contributed by atoms with Crippen LogP contribution in [0.25, 0.3) is 11.1 Å². The number of para-hydroxylation sites is 2. The molecule has 3 aromatic rings. The van der Waals surface area contributed by atoms with Gasteiger partial charge in [0.2, 0.25) is 11.8 Å². The van der Waals surface area contributed by atoms with Gasteiger partial charge in [-0.3, -0.25) is 9.36 Å². The summed E-state index contributed by atoms with van der Waals surface area (Å²) in [6.45, 7) is 0.410. The quantitative estimate of drug-likeness (QED) is 0.751. The van der Waals surface area contributed by atoms with Crippen molar-refractivity contribution in [2.24, 2.45) is 0 Å². The minimum Gasteiger partial charge on any atom is -0.480 e. The number of ether oxygens (including phenoxy) is 1. The molecule has 0 aliphatic rings. The molecule has 0 spiro atoms. The fraction of sp³-hybridized carbons (Fsp3) is 0.235. The van der Waals surface area contributed by atoms with Gasteiger partial charge in [0.1, 0.15) is 5.69 Å². The Bertz CT molecular complexity index is 913. The number of oxazole rings is 1. The first-order valence-corrected chi connectivity index (χ1v) is 7.56. The maximum atomic E-state index is 12.1. The van der Waals surface area contributed by atoms with Crippen LogP contribution in [0.15, 0.2) is 51.8 Å². The standard InChI is InChI=1S/C17H17N3O4/c1-23-16-12(6-4-10-18-16)19-15(21)9-5-11-20-13-7-2-3-8-14(13)24-17(20)22/h2-4,6-8,10H,5,9,11H2,1H3,(H,19,21). The van der Waals surface area contributed by atoms with Crippen molar-refractivity contribution < 1.29 is 13.9 Å². The lowest BCUT2D eigenvalue weighted by Crippen LogP contribution is -2.17. The molecule has 0 unspecified atom stereocenters. The van der Waals surface area contributed by atoms with Crippen molar-refractivity contribution in [3.05, 3.63) is 53.1 Å². The number of carbonyl (C=O) groups excluding carboxylic acids is 1. The number of hydrogen-bond donors (Lipinski definition) is 1. The molecule has 2 aromatic heterocycles. The topological polar surface area (TPSA) is 86.4 Å². The second-order valence-electron chi connectivity index (χ2n) is 5.20. The predicted octanol–water partition coefficient (Wildman–Crippen LogP) is 2.42. The van der Waals surface area contributed by atoms with E-state index < -0.39 is 5.76 Å². The number of aryl methyl sites for hydroxylation is 1. The summed E-state index contributed by atoms with van der Waals surface area (Å²) in [5, 5.41) is 2.76. The third-order valence-electron chi connectivity index (χ3n) is 3.60. The van der Waals surface area contributed by atoms with Gasteiger partial charge in [-0.15, -0.1) is 0 Å². The van der Waals surface area contributed by atoms with Crippen LogP contribution in [0.1, 0.15) is 12.8 Å². The van der Waals surface area contributed by atoms with Gasteiger partial charge in [-0.25, -0.2) is 9.78 Å². The Morgan fingerprint density at radius 2 is 2.12 bits per heavy atom. The molecule has 1 N–H and O–H groups in total. The van der Waals surface area contributed by atoms with Crippen LogP contribution in [-0.4, -0.2) is 22.6 Å². The normalized spacial score (nSPS) is 10.7.